The molecule has 1 aromatic carbocycles. The molecule has 2 heterocycles. The van der Waals surface area contributed by atoms with E-state index in [9.17, 15) is 9.59 Å². The van der Waals surface area contributed by atoms with Crippen molar-refractivity contribution in [1.82, 2.24) is 20.0 Å². The fraction of sp³-hybridized carbons (Fsp3) is 0.571. The number of carbonyl (C=O) groups is 1. The minimum Gasteiger partial charge on any atom is -0.379 e. The molecule has 0 bridgehead atoms. The molecule has 7 nitrogen and oxygen atoms in total. The summed E-state index contributed by atoms with van der Waals surface area (Å²) in [5, 5.41) is 8.75. The number of nitrogens with zero attached hydrogens (tertiary/aromatic N) is 3. The van der Waals surface area contributed by atoms with Gasteiger partial charge in [0, 0.05) is 31.1 Å². The first kappa shape index (κ1) is 20.5. The summed E-state index contributed by atoms with van der Waals surface area (Å²) in [6.07, 6.45) is 1.01. The molecule has 28 heavy (non-hydrogen) atoms. The Hall–Kier alpha value is -2.25. The number of benzene rings is 1. The van der Waals surface area contributed by atoms with Crippen molar-refractivity contribution in [2.75, 3.05) is 32.8 Å². The number of hydrogen-bond donors (Lipinski definition) is 1. The van der Waals surface area contributed by atoms with Crippen LogP contribution in [0.1, 0.15) is 26.0 Å². The molecule has 2 aromatic rings. The van der Waals surface area contributed by atoms with E-state index in [0.717, 1.165) is 43.8 Å². The van der Waals surface area contributed by atoms with Crippen LogP contribution in [-0.4, -0.2) is 59.5 Å². The van der Waals surface area contributed by atoms with Crippen LogP contribution in [0.15, 0.2) is 29.1 Å². The van der Waals surface area contributed by atoms with Gasteiger partial charge in [0.2, 0.25) is 5.91 Å². The Morgan fingerprint density at radius 1 is 1.21 bits per heavy atom. The molecule has 1 saturated heterocycles. The molecule has 3 rings (SSSR count). The normalized spacial score (nSPS) is 16.4. The predicted octanol–water partition coefficient (Wildman–Crippen LogP) is 1.57. The second-order valence-electron chi connectivity index (χ2n) is 7.83. The van der Waals surface area contributed by atoms with Crippen LogP contribution in [0.2, 0.25) is 0 Å². The molecule has 0 aliphatic carbocycles. The highest BCUT2D eigenvalue weighted by atomic mass is 16.5. The number of aromatic nitrogens is 2. The lowest BCUT2D eigenvalue weighted by Gasteiger charge is -2.35. The standard InChI is InChI=1S/C21H30N4O3/c1-15(2)12-17(24-8-10-28-11-9-24)13-22-20(26)14-25-21(27)19-7-5-4-6-18(19)16(3)23-25/h4-7,15,17H,8-14H2,1-3H3,(H,22,26). The van der Waals surface area contributed by atoms with E-state index in [1.54, 1.807) is 6.07 Å². The van der Waals surface area contributed by atoms with Gasteiger partial charge in [0.05, 0.1) is 24.3 Å². The maximum atomic E-state index is 12.6. The summed E-state index contributed by atoms with van der Waals surface area (Å²) in [5.41, 5.74) is 0.511. The van der Waals surface area contributed by atoms with Crippen molar-refractivity contribution in [2.45, 2.75) is 39.8 Å². The Balaban J connectivity index is 1.66. The first-order chi connectivity index (χ1) is 13.5. The summed E-state index contributed by atoms with van der Waals surface area (Å²) in [7, 11) is 0. The molecule has 1 N–H and O–H groups in total. The number of fused-ring (bicyclic) bond motifs is 1. The van der Waals surface area contributed by atoms with E-state index >= 15 is 0 Å². The van der Waals surface area contributed by atoms with Crippen molar-refractivity contribution in [3.63, 3.8) is 0 Å². The molecule has 1 aliphatic heterocycles. The molecule has 0 spiro atoms. The lowest BCUT2D eigenvalue weighted by molar-refractivity contribution is -0.122. The largest absolute Gasteiger partial charge is 0.379 e. The third-order valence-corrected chi connectivity index (χ3v) is 5.19. The van der Waals surface area contributed by atoms with Gasteiger partial charge in [-0.1, -0.05) is 32.0 Å². The van der Waals surface area contributed by atoms with Gasteiger partial charge >= 0.3 is 0 Å². The fourth-order valence-electron chi connectivity index (χ4n) is 3.78. The molecule has 0 saturated carbocycles. The second-order valence-corrected chi connectivity index (χ2v) is 7.83. The van der Waals surface area contributed by atoms with Gasteiger partial charge in [-0.2, -0.15) is 5.10 Å². The third-order valence-electron chi connectivity index (χ3n) is 5.19. The smallest absolute Gasteiger partial charge is 0.275 e. The molecule has 1 atom stereocenters. The van der Waals surface area contributed by atoms with Crippen LogP contribution in [0.25, 0.3) is 10.8 Å². The van der Waals surface area contributed by atoms with Crippen molar-refractivity contribution in [3.8, 4) is 0 Å². The van der Waals surface area contributed by atoms with Crippen molar-refractivity contribution in [3.05, 3.63) is 40.3 Å². The number of rotatable bonds is 7. The van der Waals surface area contributed by atoms with Crippen molar-refractivity contribution in [2.24, 2.45) is 5.92 Å². The van der Waals surface area contributed by atoms with Crippen LogP contribution in [-0.2, 0) is 16.1 Å². The minimum absolute atomic E-state index is 0.0674. The number of nitrogens with one attached hydrogen (secondary N) is 1. The van der Waals surface area contributed by atoms with E-state index in [-0.39, 0.29) is 24.1 Å². The highest BCUT2D eigenvalue weighted by Crippen LogP contribution is 2.13. The van der Waals surface area contributed by atoms with Crippen LogP contribution in [0.4, 0.5) is 0 Å². The van der Waals surface area contributed by atoms with Crippen molar-refractivity contribution in [1.29, 1.82) is 0 Å². The van der Waals surface area contributed by atoms with Crippen molar-refractivity contribution >= 4 is 16.7 Å². The first-order valence-corrected chi connectivity index (χ1v) is 10.0. The number of carbonyl (C=O) groups excluding carboxylic acids is 1. The number of morpholine rings is 1. The Bertz CT molecular complexity index is 872. The number of hydrogen-bond acceptors (Lipinski definition) is 5. The van der Waals surface area contributed by atoms with Crippen LogP contribution < -0.4 is 10.9 Å². The minimum atomic E-state index is -0.233. The molecule has 1 aliphatic rings. The Morgan fingerprint density at radius 3 is 2.57 bits per heavy atom. The maximum absolute atomic E-state index is 12.6. The van der Waals surface area contributed by atoms with Gasteiger partial charge in [-0.05, 0) is 25.3 Å². The predicted molar refractivity (Wildman–Crippen MR) is 109 cm³/mol. The molecular formula is C21H30N4O3. The summed E-state index contributed by atoms with van der Waals surface area (Å²) < 4.78 is 6.71. The summed E-state index contributed by atoms with van der Waals surface area (Å²) in [6.45, 7) is 9.98. The van der Waals surface area contributed by atoms with Gasteiger partial charge in [0.25, 0.3) is 5.56 Å². The van der Waals surface area contributed by atoms with Gasteiger partial charge in [0.1, 0.15) is 6.54 Å². The van der Waals surface area contributed by atoms with Gasteiger partial charge in [-0.3, -0.25) is 14.5 Å². The Morgan fingerprint density at radius 2 is 1.89 bits per heavy atom. The summed E-state index contributed by atoms with van der Waals surface area (Å²) in [5.74, 6) is 0.350. The average molecular weight is 386 g/mol. The zero-order valence-corrected chi connectivity index (χ0v) is 17.0. The van der Waals surface area contributed by atoms with E-state index < -0.39 is 0 Å². The Kier molecular flexibility index (Phi) is 6.80. The maximum Gasteiger partial charge on any atom is 0.275 e. The van der Waals surface area contributed by atoms with E-state index in [2.05, 4.69) is 29.2 Å². The lowest BCUT2D eigenvalue weighted by atomic mass is 10.0. The molecule has 1 aromatic heterocycles. The van der Waals surface area contributed by atoms with Gasteiger partial charge in [0.15, 0.2) is 0 Å². The molecule has 1 unspecified atom stereocenters. The zero-order valence-electron chi connectivity index (χ0n) is 17.0. The topological polar surface area (TPSA) is 76.5 Å². The molecule has 1 fully saturated rings. The Labute approximate surface area is 165 Å². The van der Waals surface area contributed by atoms with Crippen LogP contribution in [0.5, 0.6) is 0 Å². The number of ether oxygens (including phenoxy) is 1. The quantitative estimate of drug-likeness (QED) is 0.782. The SMILES string of the molecule is Cc1nn(CC(=O)NCC(CC(C)C)N2CCOCC2)c(=O)c2ccccc12. The van der Waals surface area contributed by atoms with Gasteiger partial charge < -0.3 is 10.1 Å². The zero-order chi connectivity index (χ0) is 20.1. The molecule has 7 heteroatoms. The van der Waals surface area contributed by atoms with E-state index in [0.29, 0.717) is 17.8 Å². The van der Waals surface area contributed by atoms with Crippen LogP contribution >= 0.6 is 0 Å². The highest BCUT2D eigenvalue weighted by Gasteiger charge is 2.22. The van der Waals surface area contributed by atoms with E-state index in [1.807, 2.05) is 25.1 Å². The van der Waals surface area contributed by atoms with E-state index in [1.165, 1.54) is 4.68 Å². The third kappa shape index (κ3) is 4.97. The molecule has 0 radical (unpaired) electrons. The number of aryl methyl sites for hydroxylation is 1. The molecule has 152 valence electrons. The highest BCUT2D eigenvalue weighted by molar-refractivity contribution is 5.83. The fourth-order valence-corrected chi connectivity index (χ4v) is 3.78. The van der Waals surface area contributed by atoms with Crippen LogP contribution in [0.3, 0.4) is 0 Å². The molecular weight excluding hydrogens is 356 g/mol. The second kappa shape index (κ2) is 9.30. The van der Waals surface area contributed by atoms with E-state index in [4.69, 9.17) is 4.74 Å². The summed E-state index contributed by atoms with van der Waals surface area (Å²) in [6, 6.07) is 7.64. The monoisotopic (exact) mass is 386 g/mol. The van der Waals surface area contributed by atoms with Crippen LogP contribution in [0, 0.1) is 12.8 Å². The molecule has 1 amide bonds. The van der Waals surface area contributed by atoms with Gasteiger partial charge in [-0.25, -0.2) is 4.68 Å². The van der Waals surface area contributed by atoms with Gasteiger partial charge in [-0.15, -0.1) is 0 Å². The average Bonchev–Trinajstić information content (AvgIpc) is 2.69. The van der Waals surface area contributed by atoms with Crippen molar-refractivity contribution < 1.29 is 9.53 Å². The first-order valence-electron chi connectivity index (χ1n) is 10.0. The summed E-state index contributed by atoms with van der Waals surface area (Å²) >= 11 is 0. The lowest BCUT2D eigenvalue weighted by Crippen LogP contribution is -2.49. The summed E-state index contributed by atoms with van der Waals surface area (Å²) in [4.78, 5) is 27.6. The number of amides is 1.